The summed E-state index contributed by atoms with van der Waals surface area (Å²) in [5, 5.41) is 13.4. The highest BCUT2D eigenvalue weighted by atomic mass is 16.3. The maximum atomic E-state index is 10.4. The predicted octanol–water partition coefficient (Wildman–Crippen LogP) is 2.46. The molecule has 0 heterocycles. The summed E-state index contributed by atoms with van der Waals surface area (Å²) in [6.07, 6.45) is 2.96. The topological polar surface area (TPSA) is 32.3 Å². The van der Waals surface area contributed by atoms with Crippen LogP contribution >= 0.6 is 0 Å². The summed E-state index contributed by atoms with van der Waals surface area (Å²) >= 11 is 0. The van der Waals surface area contributed by atoms with Gasteiger partial charge in [-0.3, -0.25) is 0 Å². The summed E-state index contributed by atoms with van der Waals surface area (Å²) < 4.78 is 0. The fourth-order valence-electron chi connectivity index (χ4n) is 1.86. The summed E-state index contributed by atoms with van der Waals surface area (Å²) in [4.78, 5) is 0. The lowest BCUT2D eigenvalue weighted by Crippen LogP contribution is -2.26. The van der Waals surface area contributed by atoms with Crippen LogP contribution in [0.15, 0.2) is 24.3 Å². The highest BCUT2D eigenvalue weighted by Crippen LogP contribution is 2.25. The molecule has 0 aliphatic rings. The molecule has 0 saturated heterocycles. The van der Waals surface area contributed by atoms with Gasteiger partial charge in [-0.1, -0.05) is 37.6 Å². The molecule has 16 heavy (non-hydrogen) atoms. The number of nitrogens with one attached hydrogen (secondary N) is 1. The van der Waals surface area contributed by atoms with Crippen molar-refractivity contribution in [2.45, 2.75) is 38.7 Å². The van der Waals surface area contributed by atoms with Crippen molar-refractivity contribution in [1.29, 1.82) is 0 Å². The highest BCUT2D eigenvalue weighted by Gasteiger charge is 2.22. The third-order valence-electron chi connectivity index (χ3n) is 2.95. The third-order valence-corrected chi connectivity index (χ3v) is 2.95. The van der Waals surface area contributed by atoms with Crippen LogP contribution < -0.4 is 5.32 Å². The molecule has 0 aromatic heterocycles. The fraction of sp³-hybridized carbons (Fsp3) is 0.571. The van der Waals surface area contributed by atoms with E-state index in [0.717, 1.165) is 31.4 Å². The van der Waals surface area contributed by atoms with E-state index in [1.807, 2.05) is 26.1 Å². The van der Waals surface area contributed by atoms with Gasteiger partial charge in [0.15, 0.2) is 0 Å². The van der Waals surface area contributed by atoms with Crippen molar-refractivity contribution in [2.24, 2.45) is 0 Å². The van der Waals surface area contributed by atoms with Gasteiger partial charge in [-0.25, -0.2) is 0 Å². The Morgan fingerprint density at radius 2 is 2.12 bits per heavy atom. The maximum Gasteiger partial charge on any atom is 0.0880 e. The van der Waals surface area contributed by atoms with Crippen LogP contribution in [0, 0.1) is 0 Å². The molecule has 0 aliphatic carbocycles. The SMILES string of the molecule is CCCc1cccc(C(C)(O)CCNC)c1. The van der Waals surface area contributed by atoms with E-state index >= 15 is 0 Å². The normalized spacial score (nSPS) is 14.8. The lowest BCUT2D eigenvalue weighted by molar-refractivity contribution is 0.0484. The van der Waals surface area contributed by atoms with Gasteiger partial charge in [-0.2, -0.15) is 0 Å². The average molecular weight is 221 g/mol. The van der Waals surface area contributed by atoms with E-state index in [-0.39, 0.29) is 0 Å². The van der Waals surface area contributed by atoms with Crippen LogP contribution in [0.1, 0.15) is 37.8 Å². The molecule has 1 unspecified atom stereocenters. The molecule has 90 valence electrons. The lowest BCUT2D eigenvalue weighted by Gasteiger charge is -2.24. The van der Waals surface area contributed by atoms with Crippen LogP contribution in [0.4, 0.5) is 0 Å². The first-order valence-corrected chi connectivity index (χ1v) is 6.06. The van der Waals surface area contributed by atoms with Crippen LogP contribution in [0.5, 0.6) is 0 Å². The number of rotatable bonds is 6. The first-order chi connectivity index (χ1) is 7.60. The molecule has 0 bridgehead atoms. The maximum absolute atomic E-state index is 10.4. The molecule has 2 N–H and O–H groups in total. The van der Waals surface area contributed by atoms with E-state index in [4.69, 9.17) is 0 Å². The Balaban J connectivity index is 2.80. The van der Waals surface area contributed by atoms with Crippen LogP contribution in [-0.4, -0.2) is 18.7 Å². The number of hydrogen-bond donors (Lipinski definition) is 2. The van der Waals surface area contributed by atoms with Crippen molar-refractivity contribution in [2.75, 3.05) is 13.6 Å². The Kier molecular flexibility index (Phi) is 4.97. The van der Waals surface area contributed by atoms with E-state index in [1.165, 1.54) is 5.56 Å². The molecular weight excluding hydrogens is 198 g/mol. The Labute approximate surface area is 98.7 Å². The molecule has 0 saturated carbocycles. The minimum atomic E-state index is -0.729. The number of aliphatic hydroxyl groups is 1. The lowest BCUT2D eigenvalue weighted by atomic mass is 9.90. The van der Waals surface area contributed by atoms with E-state index < -0.39 is 5.60 Å². The highest BCUT2D eigenvalue weighted by molar-refractivity contribution is 5.28. The Bertz CT molecular complexity index is 320. The number of hydrogen-bond acceptors (Lipinski definition) is 2. The van der Waals surface area contributed by atoms with Gasteiger partial charge in [-0.15, -0.1) is 0 Å². The molecule has 0 aliphatic heterocycles. The summed E-state index contributed by atoms with van der Waals surface area (Å²) in [6, 6.07) is 8.29. The first-order valence-electron chi connectivity index (χ1n) is 6.06. The zero-order valence-electron chi connectivity index (χ0n) is 10.6. The van der Waals surface area contributed by atoms with Gasteiger partial charge < -0.3 is 10.4 Å². The third kappa shape index (κ3) is 3.62. The van der Waals surface area contributed by atoms with Crippen molar-refractivity contribution in [3.05, 3.63) is 35.4 Å². The first kappa shape index (κ1) is 13.2. The van der Waals surface area contributed by atoms with Crippen LogP contribution in [0.3, 0.4) is 0 Å². The summed E-state index contributed by atoms with van der Waals surface area (Å²) in [7, 11) is 1.91. The Morgan fingerprint density at radius 3 is 2.75 bits per heavy atom. The van der Waals surface area contributed by atoms with E-state index in [9.17, 15) is 5.11 Å². The second-order valence-corrected chi connectivity index (χ2v) is 4.58. The van der Waals surface area contributed by atoms with Gasteiger partial charge >= 0.3 is 0 Å². The summed E-state index contributed by atoms with van der Waals surface area (Å²) in [5.74, 6) is 0. The van der Waals surface area contributed by atoms with Gasteiger partial charge in [-0.05, 0) is 44.5 Å². The van der Waals surface area contributed by atoms with Crippen molar-refractivity contribution in [1.82, 2.24) is 5.32 Å². The molecule has 2 nitrogen and oxygen atoms in total. The monoisotopic (exact) mass is 221 g/mol. The van der Waals surface area contributed by atoms with Crippen molar-refractivity contribution >= 4 is 0 Å². The Morgan fingerprint density at radius 1 is 1.38 bits per heavy atom. The van der Waals surface area contributed by atoms with Crippen LogP contribution in [-0.2, 0) is 12.0 Å². The molecule has 0 radical (unpaired) electrons. The quantitative estimate of drug-likeness (QED) is 0.773. The van der Waals surface area contributed by atoms with Crippen LogP contribution in [0.25, 0.3) is 0 Å². The number of aryl methyl sites for hydroxylation is 1. The largest absolute Gasteiger partial charge is 0.385 e. The molecule has 0 spiro atoms. The van der Waals surface area contributed by atoms with Crippen molar-refractivity contribution in [3.63, 3.8) is 0 Å². The zero-order valence-corrected chi connectivity index (χ0v) is 10.6. The van der Waals surface area contributed by atoms with Gasteiger partial charge in [0.1, 0.15) is 0 Å². The second kappa shape index (κ2) is 6.02. The molecular formula is C14H23NO. The van der Waals surface area contributed by atoms with Crippen molar-refractivity contribution < 1.29 is 5.11 Å². The van der Waals surface area contributed by atoms with Crippen molar-refractivity contribution in [3.8, 4) is 0 Å². The predicted molar refractivity (Wildman–Crippen MR) is 68.6 cm³/mol. The summed E-state index contributed by atoms with van der Waals surface area (Å²) in [6.45, 7) is 4.88. The zero-order chi connectivity index (χ0) is 12.0. The fourth-order valence-corrected chi connectivity index (χ4v) is 1.86. The average Bonchev–Trinajstić information content (AvgIpc) is 2.27. The molecule has 1 rings (SSSR count). The van der Waals surface area contributed by atoms with Gasteiger partial charge in [0.2, 0.25) is 0 Å². The van der Waals surface area contributed by atoms with Gasteiger partial charge in [0.25, 0.3) is 0 Å². The molecule has 1 aromatic rings. The molecule has 1 atom stereocenters. The van der Waals surface area contributed by atoms with E-state index in [1.54, 1.807) is 0 Å². The molecule has 1 aromatic carbocycles. The minimum Gasteiger partial charge on any atom is -0.385 e. The second-order valence-electron chi connectivity index (χ2n) is 4.58. The van der Waals surface area contributed by atoms with E-state index in [2.05, 4.69) is 24.4 Å². The molecule has 0 fully saturated rings. The smallest absolute Gasteiger partial charge is 0.0880 e. The Hall–Kier alpha value is -0.860. The van der Waals surface area contributed by atoms with Gasteiger partial charge in [0, 0.05) is 0 Å². The molecule has 2 heteroatoms. The standard InChI is InChI=1S/C14H23NO/c1-4-6-12-7-5-8-13(11-12)14(2,16)9-10-15-3/h5,7-8,11,15-16H,4,6,9-10H2,1-3H3. The van der Waals surface area contributed by atoms with Crippen LogP contribution in [0.2, 0.25) is 0 Å². The summed E-state index contributed by atoms with van der Waals surface area (Å²) in [5.41, 5.74) is 1.60. The minimum absolute atomic E-state index is 0.729. The van der Waals surface area contributed by atoms with Gasteiger partial charge in [0.05, 0.1) is 5.60 Å². The number of benzene rings is 1. The molecule has 0 amide bonds. The van der Waals surface area contributed by atoms with E-state index in [0.29, 0.717) is 0 Å².